The van der Waals surface area contributed by atoms with Gasteiger partial charge in [0.15, 0.2) is 5.96 Å². The molecule has 0 bridgehead atoms. The van der Waals surface area contributed by atoms with Crippen molar-refractivity contribution in [3.05, 3.63) is 65.7 Å². The summed E-state index contributed by atoms with van der Waals surface area (Å²) in [5.41, 5.74) is 3.91. The molecule has 3 N–H and O–H groups in total. The van der Waals surface area contributed by atoms with Gasteiger partial charge < -0.3 is 20.6 Å². The molecule has 28 heavy (non-hydrogen) atoms. The fraction of sp³-hybridized carbons (Fsp3) is 0.409. The predicted octanol–water partition coefficient (Wildman–Crippen LogP) is 3.00. The smallest absolute Gasteiger partial charge is 0.191 e. The summed E-state index contributed by atoms with van der Waals surface area (Å²) in [7, 11) is 1.78. The number of guanidine groups is 1. The highest BCUT2D eigenvalue weighted by molar-refractivity contribution is 14.0. The average Bonchev–Trinajstić information content (AvgIpc) is 3.03. The molecule has 152 valence electrons. The zero-order valence-corrected chi connectivity index (χ0v) is 19.0. The van der Waals surface area contributed by atoms with Crippen LogP contribution in [0.25, 0.3) is 0 Å². The summed E-state index contributed by atoms with van der Waals surface area (Å²) in [4.78, 5) is 6.76. The molecule has 1 heterocycles. The molecule has 6 heteroatoms. The van der Waals surface area contributed by atoms with E-state index >= 15 is 0 Å². The lowest BCUT2D eigenvalue weighted by atomic mass is 10.0. The van der Waals surface area contributed by atoms with E-state index in [1.807, 2.05) is 30.3 Å². The molecule has 0 aromatic heterocycles. The molecule has 0 aliphatic carbocycles. The van der Waals surface area contributed by atoms with Crippen molar-refractivity contribution in [3.63, 3.8) is 0 Å². The number of nitrogens with one attached hydrogen (secondary N) is 2. The Kier molecular flexibility index (Phi) is 9.05. The fourth-order valence-corrected chi connectivity index (χ4v) is 3.72. The average molecular weight is 494 g/mol. The van der Waals surface area contributed by atoms with Crippen LogP contribution < -0.4 is 15.5 Å². The largest absolute Gasteiger partial charge is 0.396 e. The molecule has 0 saturated carbocycles. The first-order valence-electron chi connectivity index (χ1n) is 9.67. The third-order valence-electron chi connectivity index (χ3n) is 5.22. The summed E-state index contributed by atoms with van der Waals surface area (Å²) in [5.74, 6) is 0.819. The summed E-state index contributed by atoms with van der Waals surface area (Å²) in [5, 5.41) is 16.4. The van der Waals surface area contributed by atoms with Crippen LogP contribution in [0, 0.1) is 0 Å². The number of aliphatic hydroxyl groups excluding tert-OH is 1. The van der Waals surface area contributed by atoms with Crippen molar-refractivity contribution in [1.82, 2.24) is 10.6 Å². The van der Waals surface area contributed by atoms with Crippen molar-refractivity contribution in [2.75, 3.05) is 38.2 Å². The van der Waals surface area contributed by atoms with Gasteiger partial charge in [-0.2, -0.15) is 0 Å². The van der Waals surface area contributed by atoms with Crippen molar-refractivity contribution < 1.29 is 5.11 Å². The SMILES string of the molecule is CN=C(NCCN1c2ccccc2CC1C)NCC(CO)c1ccccc1.I. The van der Waals surface area contributed by atoms with E-state index in [0.29, 0.717) is 12.6 Å². The van der Waals surface area contributed by atoms with Crippen molar-refractivity contribution in [1.29, 1.82) is 0 Å². The summed E-state index contributed by atoms with van der Waals surface area (Å²) in [6.45, 7) is 4.77. The first-order chi connectivity index (χ1) is 13.2. The quantitative estimate of drug-likeness (QED) is 0.315. The van der Waals surface area contributed by atoms with Crippen LogP contribution in [0.15, 0.2) is 59.6 Å². The zero-order chi connectivity index (χ0) is 19.1. The minimum Gasteiger partial charge on any atom is -0.396 e. The second-order valence-electron chi connectivity index (χ2n) is 7.05. The van der Waals surface area contributed by atoms with E-state index in [9.17, 15) is 5.11 Å². The number of hydrogen-bond acceptors (Lipinski definition) is 3. The molecule has 0 fully saturated rings. The molecule has 1 aliphatic heterocycles. The number of rotatable bonds is 7. The maximum atomic E-state index is 9.70. The molecule has 2 aromatic rings. The monoisotopic (exact) mass is 494 g/mol. The van der Waals surface area contributed by atoms with Gasteiger partial charge in [0.1, 0.15) is 0 Å². The summed E-state index contributed by atoms with van der Waals surface area (Å²) >= 11 is 0. The predicted molar refractivity (Wildman–Crippen MR) is 128 cm³/mol. The van der Waals surface area contributed by atoms with E-state index in [1.54, 1.807) is 7.05 Å². The molecule has 5 nitrogen and oxygen atoms in total. The molecule has 3 rings (SSSR count). The van der Waals surface area contributed by atoms with Gasteiger partial charge >= 0.3 is 0 Å². The Labute approximate surface area is 185 Å². The van der Waals surface area contributed by atoms with Gasteiger partial charge in [-0.3, -0.25) is 4.99 Å². The molecule has 2 unspecified atom stereocenters. The lowest BCUT2D eigenvalue weighted by Gasteiger charge is -2.25. The number of fused-ring (bicyclic) bond motifs is 1. The van der Waals surface area contributed by atoms with Gasteiger partial charge in [0.05, 0.1) is 6.61 Å². The van der Waals surface area contributed by atoms with E-state index in [1.165, 1.54) is 11.3 Å². The van der Waals surface area contributed by atoms with Crippen LogP contribution in [0.5, 0.6) is 0 Å². The van der Waals surface area contributed by atoms with Crippen LogP contribution in [0.1, 0.15) is 24.0 Å². The molecule has 2 atom stereocenters. The molecule has 0 amide bonds. The second kappa shape index (κ2) is 11.3. The van der Waals surface area contributed by atoms with Crippen molar-refractivity contribution in [3.8, 4) is 0 Å². The number of nitrogens with zero attached hydrogens (tertiary/aromatic N) is 2. The fourth-order valence-electron chi connectivity index (χ4n) is 3.72. The first kappa shape index (κ1) is 22.5. The maximum Gasteiger partial charge on any atom is 0.191 e. The topological polar surface area (TPSA) is 59.9 Å². The molecule has 0 saturated heterocycles. The van der Waals surface area contributed by atoms with Gasteiger partial charge in [-0.05, 0) is 30.5 Å². The normalized spacial score (nSPS) is 16.9. The Morgan fingerprint density at radius 3 is 2.57 bits per heavy atom. The molecule has 0 radical (unpaired) electrons. The van der Waals surface area contributed by atoms with E-state index in [0.717, 1.165) is 31.0 Å². The highest BCUT2D eigenvalue weighted by Gasteiger charge is 2.24. The molecular weight excluding hydrogens is 463 g/mol. The Bertz CT molecular complexity index is 753. The Hall–Kier alpha value is -1.80. The zero-order valence-electron chi connectivity index (χ0n) is 16.6. The van der Waals surface area contributed by atoms with Crippen LogP contribution in [0.4, 0.5) is 5.69 Å². The van der Waals surface area contributed by atoms with E-state index in [-0.39, 0.29) is 36.5 Å². The minimum absolute atomic E-state index is 0. The standard InChI is InChI=1S/C22H30N4O.HI/c1-17-14-19-10-6-7-11-21(19)26(17)13-12-24-22(23-2)25-15-20(16-27)18-8-4-3-5-9-18;/h3-11,17,20,27H,12-16H2,1-2H3,(H2,23,24,25);1H. The van der Waals surface area contributed by atoms with Crippen LogP contribution in [-0.2, 0) is 6.42 Å². The number of halogens is 1. The maximum absolute atomic E-state index is 9.70. The van der Waals surface area contributed by atoms with Gasteiger partial charge in [0.2, 0.25) is 0 Å². The third kappa shape index (κ3) is 5.61. The lowest BCUT2D eigenvalue weighted by Crippen LogP contribution is -2.44. The van der Waals surface area contributed by atoms with Gasteiger partial charge in [-0.15, -0.1) is 24.0 Å². The number of aliphatic hydroxyl groups is 1. The third-order valence-corrected chi connectivity index (χ3v) is 5.22. The number of hydrogen-bond donors (Lipinski definition) is 3. The Morgan fingerprint density at radius 1 is 1.14 bits per heavy atom. The summed E-state index contributed by atoms with van der Waals surface area (Å²) in [6, 6.07) is 19.3. The van der Waals surface area contributed by atoms with E-state index in [2.05, 4.69) is 51.7 Å². The number of benzene rings is 2. The Morgan fingerprint density at radius 2 is 1.86 bits per heavy atom. The molecular formula is C22H31IN4O. The van der Waals surface area contributed by atoms with Crippen LogP contribution in [0.3, 0.4) is 0 Å². The number of aliphatic imine (C=N–C) groups is 1. The van der Waals surface area contributed by atoms with E-state index < -0.39 is 0 Å². The van der Waals surface area contributed by atoms with Crippen molar-refractivity contribution >= 4 is 35.6 Å². The lowest BCUT2D eigenvalue weighted by molar-refractivity contribution is 0.265. The van der Waals surface area contributed by atoms with Crippen LogP contribution >= 0.6 is 24.0 Å². The van der Waals surface area contributed by atoms with Crippen LogP contribution in [-0.4, -0.2) is 50.4 Å². The highest BCUT2D eigenvalue weighted by atomic mass is 127. The first-order valence-corrected chi connectivity index (χ1v) is 9.67. The number of para-hydroxylation sites is 1. The van der Waals surface area contributed by atoms with Crippen molar-refractivity contribution in [2.24, 2.45) is 4.99 Å². The van der Waals surface area contributed by atoms with Gasteiger partial charge in [-0.25, -0.2) is 0 Å². The highest BCUT2D eigenvalue weighted by Crippen LogP contribution is 2.31. The Balaban J connectivity index is 0.00000280. The minimum atomic E-state index is 0. The summed E-state index contributed by atoms with van der Waals surface area (Å²) in [6.07, 6.45) is 1.11. The number of anilines is 1. The molecule has 0 spiro atoms. The summed E-state index contributed by atoms with van der Waals surface area (Å²) < 4.78 is 0. The van der Waals surface area contributed by atoms with E-state index in [4.69, 9.17) is 0 Å². The molecule has 2 aromatic carbocycles. The van der Waals surface area contributed by atoms with Gasteiger partial charge in [-0.1, -0.05) is 48.5 Å². The van der Waals surface area contributed by atoms with Gasteiger partial charge in [0, 0.05) is 44.3 Å². The van der Waals surface area contributed by atoms with Crippen LogP contribution in [0.2, 0.25) is 0 Å². The molecule has 1 aliphatic rings. The second-order valence-corrected chi connectivity index (χ2v) is 7.05. The van der Waals surface area contributed by atoms with Crippen molar-refractivity contribution in [2.45, 2.75) is 25.3 Å². The van der Waals surface area contributed by atoms with Gasteiger partial charge in [0.25, 0.3) is 0 Å².